The topological polar surface area (TPSA) is 116 Å². The van der Waals surface area contributed by atoms with E-state index in [0.717, 1.165) is 0 Å². The number of halogens is 1. The Morgan fingerprint density at radius 1 is 1.19 bits per heavy atom. The van der Waals surface area contributed by atoms with E-state index >= 15 is 0 Å². The Morgan fingerprint density at radius 2 is 1.87 bits per heavy atom. The number of nitrogens with zero attached hydrogens (tertiary/aromatic N) is 1. The van der Waals surface area contributed by atoms with Crippen LogP contribution >= 0.6 is 11.6 Å². The highest BCUT2D eigenvalue weighted by Crippen LogP contribution is 2.41. The summed E-state index contributed by atoms with van der Waals surface area (Å²) in [5.74, 6) is -2.25. The van der Waals surface area contributed by atoms with Crippen molar-refractivity contribution < 1.29 is 29.3 Å². The minimum atomic E-state index is -0.945. The first-order valence-electron chi connectivity index (χ1n) is 9.40. The number of hydrogen-bond acceptors (Lipinski definition) is 6. The molecule has 8 nitrogen and oxygen atoms in total. The van der Waals surface area contributed by atoms with Crippen LogP contribution in [0, 0.1) is 0 Å². The molecule has 0 aliphatic carbocycles. The number of ketones is 1. The van der Waals surface area contributed by atoms with Crippen molar-refractivity contribution >= 4 is 35.0 Å². The number of ether oxygens (including phenoxy) is 1. The van der Waals surface area contributed by atoms with E-state index in [1.54, 1.807) is 12.1 Å². The maximum atomic E-state index is 12.9. The van der Waals surface area contributed by atoms with Crippen LogP contribution in [-0.4, -0.2) is 52.9 Å². The van der Waals surface area contributed by atoms with E-state index in [1.165, 1.54) is 49.3 Å². The van der Waals surface area contributed by atoms with Gasteiger partial charge >= 0.3 is 0 Å². The number of hydrogen-bond donors (Lipinski definition) is 3. The molecule has 0 unspecified atom stereocenters. The minimum Gasteiger partial charge on any atom is -0.507 e. The summed E-state index contributed by atoms with van der Waals surface area (Å²) in [4.78, 5) is 38.2. The highest BCUT2D eigenvalue weighted by Gasteiger charge is 2.46. The largest absolute Gasteiger partial charge is 0.507 e. The summed E-state index contributed by atoms with van der Waals surface area (Å²) in [6.45, 7) is 1.50. The highest BCUT2D eigenvalue weighted by atomic mass is 35.5. The number of aromatic hydroxyl groups is 1. The Balaban J connectivity index is 2.14. The molecule has 1 fully saturated rings. The van der Waals surface area contributed by atoms with Crippen LogP contribution in [0.2, 0.25) is 5.02 Å². The number of Topliss-reactive ketones (excluding diaryl/α,β-unsaturated/α-hetero) is 1. The number of likely N-dealkylation sites (tertiary alicyclic amines) is 1. The molecule has 0 bridgehead atoms. The number of nitrogens with one attached hydrogen (secondary N) is 1. The van der Waals surface area contributed by atoms with Gasteiger partial charge < -0.3 is 25.2 Å². The van der Waals surface area contributed by atoms with Gasteiger partial charge in [-0.05, 0) is 42.0 Å². The summed E-state index contributed by atoms with van der Waals surface area (Å²) >= 11 is 5.91. The zero-order valence-corrected chi connectivity index (χ0v) is 17.6. The van der Waals surface area contributed by atoms with Crippen LogP contribution in [0.15, 0.2) is 48.0 Å². The summed E-state index contributed by atoms with van der Waals surface area (Å²) < 4.78 is 5.15. The second-order valence-corrected chi connectivity index (χ2v) is 7.35. The Bertz CT molecular complexity index is 1060. The van der Waals surface area contributed by atoms with Gasteiger partial charge in [0.25, 0.3) is 11.7 Å². The van der Waals surface area contributed by atoms with E-state index in [0.29, 0.717) is 16.1 Å². The molecular formula is C22H21ClN2O6. The van der Waals surface area contributed by atoms with Crippen LogP contribution in [0.3, 0.4) is 0 Å². The number of carbonyl (C=O) groups is 3. The third-order valence-corrected chi connectivity index (χ3v) is 5.16. The van der Waals surface area contributed by atoms with Gasteiger partial charge in [-0.1, -0.05) is 17.7 Å². The summed E-state index contributed by atoms with van der Waals surface area (Å²) in [6, 6.07) is 9.66. The van der Waals surface area contributed by atoms with E-state index < -0.39 is 17.7 Å². The Morgan fingerprint density at radius 3 is 2.48 bits per heavy atom. The third kappa shape index (κ3) is 4.49. The zero-order valence-electron chi connectivity index (χ0n) is 16.9. The number of rotatable bonds is 6. The fraction of sp³-hybridized carbons (Fsp3) is 0.227. The molecule has 1 heterocycles. The van der Waals surface area contributed by atoms with Gasteiger partial charge in [0.2, 0.25) is 5.91 Å². The summed E-state index contributed by atoms with van der Waals surface area (Å²) in [6.07, 6.45) is 0. The molecule has 1 atom stereocenters. The second-order valence-electron chi connectivity index (χ2n) is 6.91. The number of carbonyl (C=O) groups excluding carboxylic acids is 3. The molecule has 0 saturated carbocycles. The highest BCUT2D eigenvalue weighted by molar-refractivity contribution is 6.46. The van der Waals surface area contributed by atoms with Crippen molar-refractivity contribution in [1.82, 2.24) is 10.2 Å². The summed E-state index contributed by atoms with van der Waals surface area (Å²) in [7, 11) is 1.38. The molecule has 1 aliphatic heterocycles. The molecular weight excluding hydrogens is 424 g/mol. The normalized spacial score (nSPS) is 17.6. The lowest BCUT2D eigenvalue weighted by molar-refractivity contribution is -0.140. The van der Waals surface area contributed by atoms with Crippen molar-refractivity contribution in [1.29, 1.82) is 0 Å². The average Bonchev–Trinajstić information content (AvgIpc) is 2.99. The number of aliphatic hydroxyl groups is 1. The number of phenolic OH excluding ortho intramolecular Hbond substituents is 1. The van der Waals surface area contributed by atoms with Crippen molar-refractivity contribution in [2.24, 2.45) is 0 Å². The van der Waals surface area contributed by atoms with E-state index in [2.05, 4.69) is 5.32 Å². The van der Waals surface area contributed by atoms with Crippen LogP contribution in [-0.2, 0) is 14.4 Å². The van der Waals surface area contributed by atoms with Crippen molar-refractivity contribution in [3.8, 4) is 11.5 Å². The van der Waals surface area contributed by atoms with E-state index in [1.807, 2.05) is 0 Å². The Kier molecular flexibility index (Phi) is 6.50. The van der Waals surface area contributed by atoms with Gasteiger partial charge in [0, 0.05) is 30.6 Å². The molecule has 0 radical (unpaired) electrons. The number of amides is 2. The molecule has 3 rings (SSSR count). The predicted octanol–water partition coefficient (Wildman–Crippen LogP) is 2.61. The van der Waals surface area contributed by atoms with Crippen LogP contribution in [0.5, 0.6) is 11.5 Å². The SMILES string of the molecule is COc1cc([C@H]2C(=C(O)c3ccc(Cl)cc3)C(=O)C(=O)N2CCNC(C)=O)ccc1O. The summed E-state index contributed by atoms with van der Waals surface area (Å²) in [5.41, 5.74) is 0.662. The quantitative estimate of drug-likeness (QED) is 0.358. The van der Waals surface area contributed by atoms with Gasteiger partial charge in [-0.15, -0.1) is 0 Å². The van der Waals surface area contributed by atoms with Gasteiger partial charge in [-0.3, -0.25) is 14.4 Å². The molecule has 2 aromatic carbocycles. The molecule has 31 heavy (non-hydrogen) atoms. The molecule has 2 amide bonds. The van der Waals surface area contributed by atoms with Crippen LogP contribution in [0.4, 0.5) is 0 Å². The van der Waals surface area contributed by atoms with Crippen molar-refractivity contribution in [2.75, 3.05) is 20.2 Å². The number of benzene rings is 2. The Labute approximate surface area is 183 Å². The lowest BCUT2D eigenvalue weighted by Gasteiger charge is -2.25. The molecule has 3 N–H and O–H groups in total. The van der Waals surface area contributed by atoms with Crippen LogP contribution in [0.1, 0.15) is 24.1 Å². The monoisotopic (exact) mass is 444 g/mol. The van der Waals surface area contributed by atoms with Gasteiger partial charge in [-0.25, -0.2) is 0 Å². The molecule has 1 aliphatic rings. The van der Waals surface area contributed by atoms with E-state index in [4.69, 9.17) is 16.3 Å². The van der Waals surface area contributed by atoms with Crippen molar-refractivity contribution in [3.05, 3.63) is 64.2 Å². The second kappa shape index (κ2) is 9.09. The first kappa shape index (κ1) is 22.2. The fourth-order valence-corrected chi connectivity index (χ4v) is 3.56. The summed E-state index contributed by atoms with van der Waals surface area (Å²) in [5, 5.41) is 23.9. The fourth-order valence-electron chi connectivity index (χ4n) is 3.44. The smallest absolute Gasteiger partial charge is 0.295 e. The van der Waals surface area contributed by atoms with Crippen molar-refractivity contribution in [3.63, 3.8) is 0 Å². The molecule has 9 heteroatoms. The van der Waals surface area contributed by atoms with Crippen LogP contribution in [0.25, 0.3) is 5.76 Å². The molecule has 0 aromatic heterocycles. The lowest BCUT2D eigenvalue weighted by atomic mass is 9.95. The zero-order chi connectivity index (χ0) is 22.7. The van der Waals surface area contributed by atoms with E-state index in [-0.39, 0.29) is 41.8 Å². The van der Waals surface area contributed by atoms with E-state index in [9.17, 15) is 24.6 Å². The number of aliphatic hydroxyl groups excluding tert-OH is 1. The Hall–Kier alpha value is -3.52. The van der Waals surface area contributed by atoms with Gasteiger partial charge in [0.1, 0.15) is 5.76 Å². The van der Waals surface area contributed by atoms with Crippen molar-refractivity contribution in [2.45, 2.75) is 13.0 Å². The third-order valence-electron chi connectivity index (χ3n) is 4.90. The molecule has 2 aromatic rings. The van der Waals surface area contributed by atoms with Gasteiger partial charge in [0.15, 0.2) is 11.5 Å². The maximum Gasteiger partial charge on any atom is 0.295 e. The lowest BCUT2D eigenvalue weighted by Crippen LogP contribution is -2.37. The molecule has 162 valence electrons. The number of methoxy groups -OCH3 is 1. The first-order valence-corrected chi connectivity index (χ1v) is 9.78. The standard InChI is InChI=1S/C22H21ClN2O6/c1-12(26)24-9-10-25-19(14-5-8-16(27)17(11-14)31-2)18(21(29)22(25)30)20(28)13-3-6-15(23)7-4-13/h3-8,11,19,27-28H,9-10H2,1-2H3,(H,24,26)/t19-/m0/s1. The average molecular weight is 445 g/mol. The van der Waals surface area contributed by atoms with Crippen LogP contribution < -0.4 is 10.1 Å². The first-order chi connectivity index (χ1) is 14.7. The van der Waals surface area contributed by atoms with Gasteiger partial charge in [0.05, 0.1) is 18.7 Å². The minimum absolute atomic E-state index is 0.0371. The molecule has 0 spiro atoms. The maximum absolute atomic E-state index is 12.9. The molecule has 1 saturated heterocycles. The predicted molar refractivity (Wildman–Crippen MR) is 114 cm³/mol. The van der Waals surface area contributed by atoms with Gasteiger partial charge in [-0.2, -0.15) is 0 Å². The number of phenols is 1.